The Morgan fingerprint density at radius 1 is 1.56 bits per heavy atom. The average molecular weight is 262 g/mol. The minimum absolute atomic E-state index is 0.237. The predicted molar refractivity (Wildman–Crippen MR) is 54.4 cm³/mol. The molecule has 7 nitrogen and oxygen atoms in total. The molecular weight excluding hydrogens is 255 g/mol. The molecule has 16 heavy (non-hydrogen) atoms. The highest BCUT2D eigenvalue weighted by atomic mass is 32.1. The van der Waals surface area contributed by atoms with Crippen LogP contribution in [0.4, 0.5) is 0 Å². The van der Waals surface area contributed by atoms with Crippen LogP contribution in [0.3, 0.4) is 0 Å². The van der Waals surface area contributed by atoms with Crippen LogP contribution in [-0.4, -0.2) is 19.9 Å². The lowest BCUT2D eigenvalue weighted by atomic mass is 10.4. The molecule has 0 atom stereocenters. The minimum atomic E-state index is -4.45. The van der Waals surface area contributed by atoms with Crippen LogP contribution in [0.25, 0.3) is 10.7 Å². The Bertz CT molecular complexity index is 505. The number of rotatable bonds is 4. The molecule has 0 bridgehead atoms. The fourth-order valence-electron chi connectivity index (χ4n) is 0.964. The molecule has 2 heterocycles. The summed E-state index contributed by atoms with van der Waals surface area (Å²) in [5.41, 5.74) is 1.01. The zero-order valence-electron chi connectivity index (χ0n) is 7.81. The second kappa shape index (κ2) is 4.44. The molecule has 9 heteroatoms. The first kappa shape index (κ1) is 11.4. The number of phosphoric acid groups is 1. The third-order valence-corrected chi connectivity index (χ3v) is 2.97. The van der Waals surface area contributed by atoms with E-state index >= 15 is 0 Å². The van der Waals surface area contributed by atoms with Crippen LogP contribution in [0.1, 0.15) is 5.69 Å². The maximum Gasteiger partial charge on any atom is 0.469 e. The molecule has 0 unspecified atom stereocenters. The van der Waals surface area contributed by atoms with Crippen molar-refractivity contribution in [2.75, 3.05) is 0 Å². The van der Waals surface area contributed by atoms with Crippen LogP contribution in [0.5, 0.6) is 0 Å². The van der Waals surface area contributed by atoms with Crippen molar-refractivity contribution in [1.29, 1.82) is 0 Å². The molecule has 0 fully saturated rings. The highest BCUT2D eigenvalue weighted by Crippen LogP contribution is 2.37. The Morgan fingerprint density at radius 3 is 3.00 bits per heavy atom. The molecule has 86 valence electrons. The lowest BCUT2D eigenvalue weighted by Crippen LogP contribution is -1.91. The Kier molecular flexibility index (Phi) is 3.17. The normalized spacial score (nSPS) is 11.9. The molecule has 0 aliphatic rings. The van der Waals surface area contributed by atoms with Gasteiger partial charge in [-0.2, -0.15) is 0 Å². The molecule has 0 saturated heterocycles. The molecule has 2 aromatic rings. The van der Waals surface area contributed by atoms with Gasteiger partial charge in [-0.25, -0.2) is 9.55 Å². The van der Waals surface area contributed by atoms with Crippen molar-refractivity contribution in [2.24, 2.45) is 0 Å². The van der Waals surface area contributed by atoms with Crippen molar-refractivity contribution in [2.45, 2.75) is 6.61 Å². The van der Waals surface area contributed by atoms with Gasteiger partial charge < -0.3 is 14.3 Å². The van der Waals surface area contributed by atoms with Gasteiger partial charge in [0.25, 0.3) is 0 Å². The fourth-order valence-corrected chi connectivity index (χ4v) is 2.03. The average Bonchev–Trinajstić information content (AvgIpc) is 2.84. The van der Waals surface area contributed by atoms with Crippen LogP contribution < -0.4 is 0 Å². The molecule has 0 spiro atoms. The van der Waals surface area contributed by atoms with Crippen molar-refractivity contribution >= 4 is 19.2 Å². The molecule has 0 saturated carbocycles. The summed E-state index contributed by atoms with van der Waals surface area (Å²) in [6.45, 7) is -0.237. The Labute approximate surface area is 93.9 Å². The van der Waals surface area contributed by atoms with Gasteiger partial charge in [0, 0.05) is 11.4 Å². The SMILES string of the molecule is O=P(O)(O)OCc1csc(-c2ccon2)n1. The third kappa shape index (κ3) is 2.97. The van der Waals surface area contributed by atoms with Gasteiger partial charge in [0.05, 0.1) is 5.69 Å². The van der Waals surface area contributed by atoms with E-state index in [0.29, 0.717) is 16.4 Å². The molecule has 0 amide bonds. The van der Waals surface area contributed by atoms with Gasteiger partial charge in [-0.15, -0.1) is 11.3 Å². The summed E-state index contributed by atoms with van der Waals surface area (Å²) in [6.07, 6.45) is 1.42. The second-order valence-electron chi connectivity index (χ2n) is 2.79. The topological polar surface area (TPSA) is 106 Å². The summed E-state index contributed by atoms with van der Waals surface area (Å²) in [6, 6.07) is 1.65. The van der Waals surface area contributed by atoms with Crippen molar-refractivity contribution in [3.8, 4) is 10.7 Å². The summed E-state index contributed by atoms with van der Waals surface area (Å²) in [4.78, 5) is 21.1. The summed E-state index contributed by atoms with van der Waals surface area (Å²) in [7, 11) is -4.45. The van der Waals surface area contributed by atoms with Crippen molar-refractivity contribution in [1.82, 2.24) is 10.1 Å². The zero-order valence-corrected chi connectivity index (χ0v) is 9.52. The first-order valence-corrected chi connectivity index (χ1v) is 6.51. The number of hydrogen-bond acceptors (Lipinski definition) is 6. The predicted octanol–water partition coefficient (Wildman–Crippen LogP) is 1.41. The number of hydrogen-bond donors (Lipinski definition) is 2. The Morgan fingerprint density at radius 2 is 2.38 bits per heavy atom. The standard InChI is InChI=1S/C7H7N2O5PS/c10-15(11,12)14-3-5-4-16-7(8-5)6-1-2-13-9-6/h1-2,4H,3H2,(H2,10,11,12). The van der Waals surface area contributed by atoms with Gasteiger partial charge in [0.1, 0.15) is 23.6 Å². The van der Waals surface area contributed by atoms with Gasteiger partial charge in [-0.3, -0.25) is 4.52 Å². The van der Waals surface area contributed by atoms with E-state index in [1.54, 1.807) is 11.4 Å². The second-order valence-corrected chi connectivity index (χ2v) is 4.89. The lowest BCUT2D eigenvalue weighted by Gasteiger charge is -2.01. The summed E-state index contributed by atoms with van der Waals surface area (Å²) in [5.74, 6) is 0. The van der Waals surface area contributed by atoms with Gasteiger partial charge in [0.2, 0.25) is 0 Å². The first-order valence-electron chi connectivity index (χ1n) is 4.10. The fraction of sp³-hybridized carbons (Fsp3) is 0.143. The zero-order chi connectivity index (χ0) is 11.6. The van der Waals surface area contributed by atoms with E-state index in [2.05, 4.69) is 19.2 Å². The van der Waals surface area contributed by atoms with Crippen LogP contribution in [0.15, 0.2) is 22.2 Å². The summed E-state index contributed by atoms with van der Waals surface area (Å²) in [5, 5.41) is 5.94. The minimum Gasteiger partial charge on any atom is -0.364 e. The largest absolute Gasteiger partial charge is 0.469 e. The first-order chi connectivity index (χ1) is 7.54. The van der Waals surface area contributed by atoms with Gasteiger partial charge >= 0.3 is 7.82 Å². The Hall–Kier alpha value is -1.05. The van der Waals surface area contributed by atoms with Gasteiger partial charge in [-0.1, -0.05) is 5.16 Å². The quantitative estimate of drug-likeness (QED) is 0.802. The molecule has 2 rings (SSSR count). The van der Waals surface area contributed by atoms with Crippen LogP contribution in [0, 0.1) is 0 Å². The van der Waals surface area contributed by atoms with E-state index in [9.17, 15) is 4.57 Å². The van der Waals surface area contributed by atoms with Gasteiger partial charge in [-0.05, 0) is 0 Å². The van der Waals surface area contributed by atoms with E-state index in [-0.39, 0.29) is 6.61 Å². The van der Waals surface area contributed by atoms with Crippen molar-refractivity contribution in [3.63, 3.8) is 0 Å². The van der Waals surface area contributed by atoms with Crippen LogP contribution in [0.2, 0.25) is 0 Å². The van der Waals surface area contributed by atoms with E-state index in [1.807, 2.05) is 0 Å². The lowest BCUT2D eigenvalue weighted by molar-refractivity contribution is 0.187. The summed E-state index contributed by atoms with van der Waals surface area (Å²) >= 11 is 1.29. The number of thiazole rings is 1. The molecule has 0 aliphatic heterocycles. The van der Waals surface area contributed by atoms with E-state index < -0.39 is 7.82 Å². The number of phosphoric ester groups is 1. The summed E-state index contributed by atoms with van der Waals surface area (Å²) < 4.78 is 19.4. The van der Waals surface area contributed by atoms with Crippen LogP contribution in [-0.2, 0) is 15.7 Å². The maximum atomic E-state index is 10.5. The van der Waals surface area contributed by atoms with E-state index in [4.69, 9.17) is 9.79 Å². The highest BCUT2D eigenvalue weighted by molar-refractivity contribution is 7.46. The number of nitrogens with zero attached hydrogens (tertiary/aromatic N) is 2. The van der Waals surface area contributed by atoms with Crippen molar-refractivity contribution < 1.29 is 23.4 Å². The molecule has 0 aromatic carbocycles. The Balaban J connectivity index is 2.06. The third-order valence-electron chi connectivity index (χ3n) is 1.59. The molecule has 2 N–H and O–H groups in total. The smallest absolute Gasteiger partial charge is 0.364 e. The molecule has 0 aliphatic carbocycles. The van der Waals surface area contributed by atoms with E-state index in [0.717, 1.165) is 0 Å². The van der Waals surface area contributed by atoms with Crippen molar-refractivity contribution in [3.05, 3.63) is 23.4 Å². The van der Waals surface area contributed by atoms with Gasteiger partial charge in [0.15, 0.2) is 0 Å². The van der Waals surface area contributed by atoms with Crippen LogP contribution >= 0.6 is 19.2 Å². The van der Waals surface area contributed by atoms with E-state index in [1.165, 1.54) is 17.6 Å². The number of aromatic nitrogens is 2. The highest BCUT2D eigenvalue weighted by Gasteiger charge is 2.15. The monoisotopic (exact) mass is 262 g/mol. The maximum absolute atomic E-state index is 10.5. The molecular formula is C7H7N2O5PS. The molecule has 2 aromatic heterocycles. The molecule has 0 radical (unpaired) electrons.